The van der Waals surface area contributed by atoms with Crippen molar-refractivity contribution >= 4 is 28.6 Å². The van der Waals surface area contributed by atoms with E-state index in [0.29, 0.717) is 28.8 Å². The molecule has 3 heterocycles. The summed E-state index contributed by atoms with van der Waals surface area (Å²) in [4.78, 5) is 36.6. The summed E-state index contributed by atoms with van der Waals surface area (Å²) in [5, 5.41) is 3.83. The first-order valence-electron chi connectivity index (χ1n) is 8.99. The van der Waals surface area contributed by atoms with Crippen LogP contribution in [0.4, 0.5) is 5.95 Å². The van der Waals surface area contributed by atoms with Gasteiger partial charge < -0.3 is 14.8 Å². The third-order valence-electron chi connectivity index (χ3n) is 4.66. The number of anilines is 1. The van der Waals surface area contributed by atoms with Crippen molar-refractivity contribution in [3.05, 3.63) is 80.1 Å². The highest BCUT2D eigenvalue weighted by molar-refractivity contribution is 6.31. The Morgan fingerprint density at radius 1 is 1.13 bits per heavy atom. The van der Waals surface area contributed by atoms with Crippen LogP contribution in [-0.2, 0) is 6.54 Å². The number of nitrogens with zero attached hydrogens (tertiary/aromatic N) is 3. The van der Waals surface area contributed by atoms with Crippen molar-refractivity contribution in [3.8, 4) is 17.2 Å². The van der Waals surface area contributed by atoms with Gasteiger partial charge in [-0.1, -0.05) is 29.8 Å². The predicted molar refractivity (Wildman–Crippen MR) is 111 cm³/mol. The van der Waals surface area contributed by atoms with Gasteiger partial charge in [0.1, 0.15) is 5.39 Å². The fraction of sp³-hybridized carbons (Fsp3) is 0.100. The number of benzene rings is 2. The van der Waals surface area contributed by atoms with Crippen LogP contribution in [0.2, 0.25) is 5.02 Å². The fourth-order valence-corrected chi connectivity index (χ4v) is 3.37. The van der Waals surface area contributed by atoms with E-state index in [9.17, 15) is 9.59 Å². The van der Waals surface area contributed by atoms with Gasteiger partial charge in [-0.15, -0.1) is 0 Å². The smallest absolute Gasteiger partial charge is 0.334 e. The molecule has 150 valence electrons. The van der Waals surface area contributed by atoms with Gasteiger partial charge in [0.15, 0.2) is 17.1 Å². The highest BCUT2D eigenvalue weighted by Gasteiger charge is 2.17. The topological polar surface area (TPSA) is 111 Å². The van der Waals surface area contributed by atoms with Gasteiger partial charge in [-0.3, -0.25) is 9.78 Å². The molecule has 0 fully saturated rings. The molecule has 5 rings (SSSR count). The molecule has 0 bridgehead atoms. The van der Waals surface area contributed by atoms with Gasteiger partial charge in [0, 0.05) is 23.8 Å². The van der Waals surface area contributed by atoms with Crippen LogP contribution in [0.15, 0.2) is 58.3 Å². The molecule has 10 heteroatoms. The van der Waals surface area contributed by atoms with Gasteiger partial charge in [-0.25, -0.2) is 14.3 Å². The van der Waals surface area contributed by atoms with Gasteiger partial charge in [-0.05, 0) is 23.8 Å². The molecule has 0 unspecified atom stereocenters. The van der Waals surface area contributed by atoms with E-state index in [1.54, 1.807) is 24.3 Å². The van der Waals surface area contributed by atoms with E-state index in [1.807, 2.05) is 18.2 Å². The van der Waals surface area contributed by atoms with E-state index in [2.05, 4.69) is 20.3 Å². The normalized spacial score (nSPS) is 12.3. The quantitative estimate of drug-likeness (QED) is 0.518. The number of hydrogen-bond acceptors (Lipinski definition) is 7. The first-order chi connectivity index (χ1) is 14.6. The van der Waals surface area contributed by atoms with E-state index >= 15 is 0 Å². The first kappa shape index (κ1) is 18.2. The molecule has 0 spiro atoms. The van der Waals surface area contributed by atoms with Crippen molar-refractivity contribution in [2.24, 2.45) is 0 Å². The van der Waals surface area contributed by atoms with Crippen LogP contribution in [-0.4, -0.2) is 26.3 Å². The molecule has 2 aromatic heterocycles. The number of aromatic nitrogens is 4. The second-order valence-electron chi connectivity index (χ2n) is 6.51. The lowest BCUT2D eigenvalue weighted by molar-refractivity contribution is 0.174. The standard InChI is InChI=1S/C20H14ClN5O4/c21-14-4-2-1-3-11(14)8-22-19-23-9-13-17(24-19)25-20(28)26(18(13)27)12-5-6-15-16(7-12)30-10-29-15/h1-7,9H,8,10H2,(H2,22,23,24,25,28). The zero-order valence-corrected chi connectivity index (χ0v) is 16.1. The molecule has 4 aromatic rings. The predicted octanol–water partition coefficient (Wildman–Crippen LogP) is 2.46. The average Bonchev–Trinajstić information content (AvgIpc) is 3.21. The molecule has 0 radical (unpaired) electrons. The maximum atomic E-state index is 12.9. The number of H-pyrrole nitrogens is 1. The first-order valence-corrected chi connectivity index (χ1v) is 9.37. The second-order valence-corrected chi connectivity index (χ2v) is 6.92. The molecule has 30 heavy (non-hydrogen) atoms. The van der Waals surface area contributed by atoms with Gasteiger partial charge in [-0.2, -0.15) is 4.98 Å². The lowest BCUT2D eigenvalue weighted by Gasteiger charge is -2.09. The highest BCUT2D eigenvalue weighted by Crippen LogP contribution is 2.33. The highest BCUT2D eigenvalue weighted by atomic mass is 35.5. The van der Waals surface area contributed by atoms with E-state index in [1.165, 1.54) is 6.20 Å². The fourth-order valence-electron chi connectivity index (χ4n) is 3.16. The molecule has 9 nitrogen and oxygen atoms in total. The SMILES string of the molecule is O=c1[nH]c2nc(NCc3ccccc3Cl)ncc2c(=O)n1-c1ccc2c(c1)OCO2. The molecular weight excluding hydrogens is 410 g/mol. The van der Waals surface area contributed by atoms with E-state index in [4.69, 9.17) is 21.1 Å². The molecule has 1 aliphatic heterocycles. The summed E-state index contributed by atoms with van der Waals surface area (Å²) in [6.07, 6.45) is 1.37. The van der Waals surface area contributed by atoms with Crippen LogP contribution in [0.1, 0.15) is 5.56 Å². The third kappa shape index (κ3) is 3.15. The van der Waals surface area contributed by atoms with Crippen molar-refractivity contribution < 1.29 is 9.47 Å². The maximum absolute atomic E-state index is 12.9. The minimum atomic E-state index is -0.623. The summed E-state index contributed by atoms with van der Waals surface area (Å²) in [6.45, 7) is 0.489. The number of halogens is 1. The maximum Gasteiger partial charge on any atom is 0.334 e. The molecule has 0 aliphatic carbocycles. The Hall–Kier alpha value is -3.85. The van der Waals surface area contributed by atoms with Gasteiger partial charge >= 0.3 is 5.69 Å². The molecule has 0 saturated carbocycles. The zero-order valence-electron chi connectivity index (χ0n) is 15.4. The van der Waals surface area contributed by atoms with Crippen molar-refractivity contribution in [2.75, 3.05) is 12.1 Å². The Balaban J connectivity index is 1.51. The summed E-state index contributed by atoms with van der Waals surface area (Å²) in [7, 11) is 0. The summed E-state index contributed by atoms with van der Waals surface area (Å²) < 4.78 is 11.6. The van der Waals surface area contributed by atoms with Gasteiger partial charge in [0.05, 0.1) is 5.69 Å². The van der Waals surface area contributed by atoms with Crippen LogP contribution in [0.3, 0.4) is 0 Å². The number of ether oxygens (including phenoxy) is 2. The lowest BCUT2D eigenvalue weighted by atomic mass is 10.2. The number of rotatable bonds is 4. The summed E-state index contributed by atoms with van der Waals surface area (Å²) >= 11 is 6.15. The summed E-state index contributed by atoms with van der Waals surface area (Å²) in [5.41, 5.74) is 0.203. The van der Waals surface area contributed by atoms with E-state index in [-0.39, 0.29) is 23.8 Å². The van der Waals surface area contributed by atoms with Crippen LogP contribution in [0.5, 0.6) is 11.5 Å². The summed E-state index contributed by atoms with van der Waals surface area (Å²) in [6, 6.07) is 12.2. The molecular formula is C20H14ClN5O4. The van der Waals surface area contributed by atoms with E-state index < -0.39 is 11.2 Å². The Labute approximate surface area is 173 Å². The van der Waals surface area contributed by atoms with Crippen LogP contribution in [0, 0.1) is 0 Å². The lowest BCUT2D eigenvalue weighted by Crippen LogP contribution is -2.34. The van der Waals surface area contributed by atoms with Crippen LogP contribution in [0.25, 0.3) is 16.7 Å². The number of aromatic amines is 1. The van der Waals surface area contributed by atoms with Crippen LogP contribution < -0.4 is 26.0 Å². The number of nitrogens with one attached hydrogen (secondary N) is 2. The van der Waals surface area contributed by atoms with Crippen LogP contribution >= 0.6 is 11.6 Å². The Bertz CT molecular complexity index is 1400. The second kappa shape index (κ2) is 7.20. The van der Waals surface area contributed by atoms with Gasteiger partial charge in [0.2, 0.25) is 12.7 Å². The molecule has 0 saturated heterocycles. The molecule has 0 atom stereocenters. The Morgan fingerprint density at radius 3 is 2.83 bits per heavy atom. The minimum Gasteiger partial charge on any atom is -0.454 e. The number of hydrogen-bond donors (Lipinski definition) is 2. The molecule has 2 aromatic carbocycles. The van der Waals surface area contributed by atoms with E-state index in [0.717, 1.165) is 10.1 Å². The van der Waals surface area contributed by atoms with Crippen molar-refractivity contribution in [1.82, 2.24) is 19.5 Å². The molecule has 1 aliphatic rings. The van der Waals surface area contributed by atoms with Gasteiger partial charge in [0.25, 0.3) is 5.56 Å². The number of fused-ring (bicyclic) bond motifs is 2. The Morgan fingerprint density at radius 2 is 1.97 bits per heavy atom. The van der Waals surface area contributed by atoms with Crippen molar-refractivity contribution in [1.29, 1.82) is 0 Å². The van der Waals surface area contributed by atoms with Crippen molar-refractivity contribution in [3.63, 3.8) is 0 Å². The zero-order chi connectivity index (χ0) is 20.7. The van der Waals surface area contributed by atoms with Crippen molar-refractivity contribution in [2.45, 2.75) is 6.54 Å². The third-order valence-corrected chi connectivity index (χ3v) is 5.03. The largest absolute Gasteiger partial charge is 0.454 e. The average molecular weight is 424 g/mol. The summed E-state index contributed by atoms with van der Waals surface area (Å²) in [5.74, 6) is 1.29. The monoisotopic (exact) mass is 423 g/mol. The minimum absolute atomic E-state index is 0.0968. The Kier molecular flexibility index (Phi) is 4.36. The molecule has 2 N–H and O–H groups in total. The molecule has 0 amide bonds.